The smallest absolute Gasteiger partial charge is 0.218 e. The first-order chi connectivity index (χ1) is 8.72. The van der Waals surface area contributed by atoms with Crippen LogP contribution in [0.15, 0.2) is 42.6 Å². The number of ether oxygens (including phenoxy) is 1. The topological polar surface area (TPSA) is 42.4 Å². The zero-order valence-electron chi connectivity index (χ0n) is 10.0. The number of nitrogens with zero attached hydrogens (tertiary/aromatic N) is 1. The molecular formula is C14H14ClNO2. The van der Waals surface area contributed by atoms with Crippen LogP contribution >= 0.6 is 11.6 Å². The van der Waals surface area contributed by atoms with E-state index >= 15 is 0 Å². The minimum atomic E-state index is -0.687. The summed E-state index contributed by atoms with van der Waals surface area (Å²) in [6.07, 6.45) is 1.38. The third-order valence-corrected chi connectivity index (χ3v) is 3.09. The fraction of sp³-hybridized carbons (Fsp3) is 0.214. The molecule has 2 rings (SSSR count). The molecule has 0 aliphatic heterocycles. The van der Waals surface area contributed by atoms with Gasteiger partial charge in [0.25, 0.3) is 0 Å². The predicted octanol–water partition coefficient (Wildman–Crippen LogP) is 3.02. The number of hydrogen-bond acceptors (Lipinski definition) is 3. The number of methoxy groups -OCH3 is 1. The number of rotatable bonds is 4. The average Bonchev–Trinajstić information content (AvgIpc) is 2.41. The molecule has 94 valence electrons. The van der Waals surface area contributed by atoms with E-state index in [0.717, 1.165) is 5.56 Å². The van der Waals surface area contributed by atoms with E-state index in [1.54, 1.807) is 18.3 Å². The van der Waals surface area contributed by atoms with Crippen LogP contribution in [0.1, 0.15) is 17.2 Å². The summed E-state index contributed by atoms with van der Waals surface area (Å²) in [6, 6.07) is 11.0. The van der Waals surface area contributed by atoms with Gasteiger partial charge in [-0.25, -0.2) is 4.98 Å². The van der Waals surface area contributed by atoms with Crippen molar-refractivity contribution in [1.29, 1.82) is 0 Å². The van der Waals surface area contributed by atoms with Gasteiger partial charge in [0, 0.05) is 23.2 Å². The molecule has 4 heteroatoms. The Morgan fingerprint density at radius 3 is 2.78 bits per heavy atom. The Bertz CT molecular complexity index is 531. The fourth-order valence-electron chi connectivity index (χ4n) is 1.81. The van der Waals surface area contributed by atoms with Crippen molar-refractivity contribution in [1.82, 2.24) is 4.98 Å². The third kappa shape index (κ3) is 2.81. The molecule has 18 heavy (non-hydrogen) atoms. The van der Waals surface area contributed by atoms with E-state index in [9.17, 15) is 5.11 Å². The number of aliphatic hydroxyl groups excluding tert-OH is 1. The standard InChI is InChI=1S/C14H14ClNO2/c1-18-14-11(6-4-8-16-14)13(17)9-10-5-2-3-7-12(10)15/h2-8,13,17H,9H2,1H3. The molecule has 1 aromatic heterocycles. The minimum absolute atomic E-state index is 0.432. The molecule has 0 saturated heterocycles. The van der Waals surface area contributed by atoms with Crippen LogP contribution in [0, 0.1) is 0 Å². The van der Waals surface area contributed by atoms with Crippen molar-refractivity contribution < 1.29 is 9.84 Å². The van der Waals surface area contributed by atoms with E-state index in [4.69, 9.17) is 16.3 Å². The lowest BCUT2D eigenvalue weighted by Gasteiger charge is -2.14. The van der Waals surface area contributed by atoms with Crippen LogP contribution in [0.2, 0.25) is 5.02 Å². The van der Waals surface area contributed by atoms with Crippen LogP contribution in [0.25, 0.3) is 0 Å². The Morgan fingerprint density at radius 1 is 1.28 bits per heavy atom. The Morgan fingerprint density at radius 2 is 2.06 bits per heavy atom. The van der Waals surface area contributed by atoms with E-state index in [0.29, 0.717) is 22.9 Å². The van der Waals surface area contributed by atoms with Gasteiger partial charge >= 0.3 is 0 Å². The predicted molar refractivity (Wildman–Crippen MR) is 70.9 cm³/mol. The quantitative estimate of drug-likeness (QED) is 0.922. The largest absolute Gasteiger partial charge is 0.481 e. The minimum Gasteiger partial charge on any atom is -0.481 e. The van der Waals surface area contributed by atoms with Gasteiger partial charge in [0.05, 0.1) is 13.2 Å². The highest BCUT2D eigenvalue weighted by Crippen LogP contribution is 2.27. The molecule has 1 N–H and O–H groups in total. The highest BCUT2D eigenvalue weighted by Gasteiger charge is 2.15. The summed E-state index contributed by atoms with van der Waals surface area (Å²) in [7, 11) is 1.54. The fourth-order valence-corrected chi connectivity index (χ4v) is 2.02. The second-order valence-corrected chi connectivity index (χ2v) is 4.32. The number of pyridine rings is 1. The Hall–Kier alpha value is -1.58. The van der Waals surface area contributed by atoms with Crippen LogP contribution in [0.4, 0.5) is 0 Å². The van der Waals surface area contributed by atoms with Gasteiger partial charge in [0.15, 0.2) is 0 Å². The lowest BCUT2D eigenvalue weighted by atomic mass is 10.0. The summed E-state index contributed by atoms with van der Waals surface area (Å²) in [6.45, 7) is 0. The first kappa shape index (κ1) is 12.9. The van der Waals surface area contributed by atoms with E-state index < -0.39 is 6.10 Å². The molecule has 0 radical (unpaired) electrons. The van der Waals surface area contributed by atoms with Gasteiger partial charge < -0.3 is 9.84 Å². The van der Waals surface area contributed by atoms with Crippen molar-refractivity contribution in [2.24, 2.45) is 0 Å². The summed E-state index contributed by atoms with van der Waals surface area (Å²) in [5.41, 5.74) is 1.57. The van der Waals surface area contributed by atoms with E-state index in [-0.39, 0.29) is 0 Å². The van der Waals surface area contributed by atoms with E-state index in [1.165, 1.54) is 7.11 Å². The van der Waals surface area contributed by atoms with Crippen LogP contribution in [0.3, 0.4) is 0 Å². The zero-order valence-corrected chi connectivity index (χ0v) is 10.8. The summed E-state index contributed by atoms with van der Waals surface area (Å²) in [4.78, 5) is 4.07. The summed E-state index contributed by atoms with van der Waals surface area (Å²) in [5.74, 6) is 0.442. The monoisotopic (exact) mass is 263 g/mol. The SMILES string of the molecule is COc1ncccc1C(O)Cc1ccccc1Cl. The van der Waals surface area contributed by atoms with Gasteiger partial charge in [-0.15, -0.1) is 0 Å². The highest BCUT2D eigenvalue weighted by molar-refractivity contribution is 6.31. The molecule has 1 aromatic carbocycles. The van der Waals surface area contributed by atoms with Gasteiger partial charge in [0.1, 0.15) is 0 Å². The average molecular weight is 264 g/mol. The molecule has 0 spiro atoms. The molecule has 0 bridgehead atoms. The van der Waals surface area contributed by atoms with Crippen LogP contribution < -0.4 is 4.74 Å². The van der Waals surface area contributed by atoms with Gasteiger partial charge in [-0.3, -0.25) is 0 Å². The number of hydrogen-bond donors (Lipinski definition) is 1. The van der Waals surface area contributed by atoms with Gasteiger partial charge in [-0.2, -0.15) is 0 Å². The maximum Gasteiger partial charge on any atom is 0.218 e. The van der Waals surface area contributed by atoms with Crippen molar-refractivity contribution in [2.75, 3.05) is 7.11 Å². The second-order valence-electron chi connectivity index (χ2n) is 3.91. The van der Waals surface area contributed by atoms with Gasteiger partial charge in [0.2, 0.25) is 5.88 Å². The van der Waals surface area contributed by atoms with E-state index in [2.05, 4.69) is 4.98 Å². The number of halogens is 1. The first-order valence-corrected chi connectivity index (χ1v) is 6.00. The Labute approximate surface area is 111 Å². The summed E-state index contributed by atoms with van der Waals surface area (Å²) < 4.78 is 5.13. The molecule has 3 nitrogen and oxygen atoms in total. The van der Waals surface area contributed by atoms with Crippen molar-refractivity contribution >= 4 is 11.6 Å². The van der Waals surface area contributed by atoms with Crippen LogP contribution in [0.5, 0.6) is 5.88 Å². The number of aliphatic hydroxyl groups is 1. The van der Waals surface area contributed by atoms with Crippen molar-refractivity contribution in [3.63, 3.8) is 0 Å². The third-order valence-electron chi connectivity index (χ3n) is 2.72. The lowest BCUT2D eigenvalue weighted by molar-refractivity contribution is 0.173. The van der Waals surface area contributed by atoms with E-state index in [1.807, 2.05) is 24.3 Å². The lowest BCUT2D eigenvalue weighted by Crippen LogP contribution is -2.05. The maximum atomic E-state index is 10.2. The zero-order chi connectivity index (χ0) is 13.0. The molecule has 1 atom stereocenters. The van der Waals surface area contributed by atoms with Crippen molar-refractivity contribution in [3.05, 3.63) is 58.7 Å². The molecule has 0 amide bonds. The van der Waals surface area contributed by atoms with Crippen LogP contribution in [-0.4, -0.2) is 17.2 Å². The molecular weight excluding hydrogens is 250 g/mol. The molecule has 1 unspecified atom stereocenters. The molecule has 0 aliphatic carbocycles. The second kappa shape index (κ2) is 5.85. The Kier molecular flexibility index (Phi) is 4.18. The Balaban J connectivity index is 2.22. The summed E-state index contributed by atoms with van der Waals surface area (Å²) in [5, 5.41) is 10.9. The molecule has 0 fully saturated rings. The van der Waals surface area contributed by atoms with Crippen molar-refractivity contribution in [2.45, 2.75) is 12.5 Å². The van der Waals surface area contributed by atoms with Crippen LogP contribution in [-0.2, 0) is 6.42 Å². The molecule has 2 aromatic rings. The molecule has 1 heterocycles. The summed E-state index contributed by atoms with van der Waals surface area (Å²) >= 11 is 6.07. The maximum absolute atomic E-state index is 10.2. The van der Waals surface area contributed by atoms with Gasteiger partial charge in [-0.1, -0.05) is 29.8 Å². The normalized spacial score (nSPS) is 12.2. The highest BCUT2D eigenvalue weighted by atomic mass is 35.5. The van der Waals surface area contributed by atoms with Gasteiger partial charge in [-0.05, 0) is 23.8 Å². The molecule has 0 aliphatic rings. The number of aromatic nitrogens is 1. The first-order valence-electron chi connectivity index (χ1n) is 5.62. The molecule has 0 saturated carbocycles. The van der Waals surface area contributed by atoms with Crippen molar-refractivity contribution in [3.8, 4) is 5.88 Å². The number of benzene rings is 1.